The van der Waals surface area contributed by atoms with Gasteiger partial charge < -0.3 is 19.3 Å². The summed E-state index contributed by atoms with van der Waals surface area (Å²) >= 11 is 1.79. The van der Waals surface area contributed by atoms with Crippen molar-refractivity contribution < 1.29 is 14.3 Å². The molecule has 1 aliphatic rings. The third-order valence-corrected chi connectivity index (χ3v) is 7.95. The van der Waals surface area contributed by atoms with Crippen LogP contribution in [-0.4, -0.2) is 77.5 Å². The molecule has 38 heavy (non-hydrogen) atoms. The zero-order valence-electron chi connectivity index (χ0n) is 22.2. The summed E-state index contributed by atoms with van der Waals surface area (Å²) < 4.78 is 11.8. The van der Waals surface area contributed by atoms with Crippen LogP contribution >= 0.6 is 11.3 Å². The molecule has 1 fully saturated rings. The fourth-order valence-electron chi connectivity index (χ4n) is 4.90. The van der Waals surface area contributed by atoms with Crippen molar-refractivity contribution in [3.8, 4) is 11.4 Å². The molecular weight excluding hydrogens is 500 g/mol. The third kappa shape index (κ3) is 6.31. The Hall–Kier alpha value is -3.08. The number of aromatic nitrogens is 4. The zero-order valence-corrected chi connectivity index (χ0v) is 23.1. The summed E-state index contributed by atoms with van der Waals surface area (Å²) in [4.78, 5) is 27.6. The molecule has 0 saturated carbocycles. The van der Waals surface area contributed by atoms with E-state index in [-0.39, 0.29) is 5.97 Å². The number of fused-ring (bicyclic) bond motifs is 2. The first-order valence-electron chi connectivity index (χ1n) is 13.5. The van der Waals surface area contributed by atoms with Crippen molar-refractivity contribution in [3.63, 3.8) is 0 Å². The summed E-state index contributed by atoms with van der Waals surface area (Å²) in [7, 11) is 2.17. The van der Waals surface area contributed by atoms with Crippen molar-refractivity contribution >= 4 is 44.2 Å². The number of carbonyl (C=O) groups is 1. The van der Waals surface area contributed by atoms with E-state index < -0.39 is 0 Å². The number of nitrogens with zero attached hydrogens (tertiary/aromatic N) is 5. The molecule has 1 saturated heterocycles. The maximum Gasteiger partial charge on any atom is 0.305 e. The van der Waals surface area contributed by atoms with E-state index in [0.717, 1.165) is 90.2 Å². The molecule has 10 heteroatoms. The fourth-order valence-corrected chi connectivity index (χ4v) is 6.09. The maximum atomic E-state index is 11.5. The highest BCUT2D eigenvalue weighted by Crippen LogP contribution is 2.36. The van der Waals surface area contributed by atoms with E-state index in [9.17, 15) is 4.79 Å². The number of esters is 1. The Morgan fingerprint density at radius 2 is 2.03 bits per heavy atom. The number of rotatable bonds is 12. The Morgan fingerprint density at radius 1 is 1.18 bits per heavy atom. The Kier molecular flexibility index (Phi) is 8.83. The highest BCUT2D eigenvalue weighted by Gasteiger charge is 2.21. The largest absolute Gasteiger partial charge is 0.466 e. The Balaban J connectivity index is 1.30. The van der Waals surface area contributed by atoms with Crippen molar-refractivity contribution in [1.82, 2.24) is 25.1 Å². The molecule has 3 aromatic heterocycles. The molecule has 0 amide bonds. The van der Waals surface area contributed by atoms with E-state index in [2.05, 4.69) is 39.2 Å². The molecule has 0 radical (unpaired) electrons. The minimum Gasteiger partial charge on any atom is -0.466 e. The SMILES string of the molecule is CCOC(=O)CCCCCCN(C)Cc1cc2nc(-c3cccc4[nH]ncc34)nc(N3CCOCC3)c2s1. The summed E-state index contributed by atoms with van der Waals surface area (Å²) in [6.07, 6.45) is 6.55. The first kappa shape index (κ1) is 26.5. The van der Waals surface area contributed by atoms with Crippen LogP contribution in [0.2, 0.25) is 0 Å². The van der Waals surface area contributed by atoms with Crippen LogP contribution in [0.4, 0.5) is 5.82 Å². The van der Waals surface area contributed by atoms with E-state index in [0.29, 0.717) is 26.2 Å². The van der Waals surface area contributed by atoms with E-state index in [1.165, 1.54) is 4.88 Å². The van der Waals surface area contributed by atoms with E-state index in [1.807, 2.05) is 25.3 Å². The number of thiophene rings is 1. The van der Waals surface area contributed by atoms with Crippen molar-refractivity contribution in [2.75, 3.05) is 51.4 Å². The molecule has 4 heterocycles. The van der Waals surface area contributed by atoms with Crippen molar-refractivity contribution in [2.45, 2.75) is 45.6 Å². The number of H-pyrrole nitrogens is 1. The third-order valence-electron chi connectivity index (χ3n) is 6.84. The molecule has 9 nitrogen and oxygen atoms in total. The molecule has 202 valence electrons. The van der Waals surface area contributed by atoms with Crippen LogP contribution < -0.4 is 4.90 Å². The molecule has 1 aliphatic heterocycles. The lowest BCUT2D eigenvalue weighted by molar-refractivity contribution is -0.143. The molecule has 1 aromatic carbocycles. The van der Waals surface area contributed by atoms with Crippen molar-refractivity contribution in [1.29, 1.82) is 0 Å². The Morgan fingerprint density at radius 3 is 2.87 bits per heavy atom. The molecule has 0 unspecified atom stereocenters. The lowest BCUT2D eigenvalue weighted by Crippen LogP contribution is -2.36. The number of hydrogen-bond donors (Lipinski definition) is 1. The van der Waals surface area contributed by atoms with Crippen LogP contribution in [0.15, 0.2) is 30.5 Å². The van der Waals surface area contributed by atoms with Gasteiger partial charge in [-0.25, -0.2) is 9.97 Å². The number of anilines is 1. The number of carbonyl (C=O) groups excluding carboxylic acids is 1. The van der Waals surface area contributed by atoms with Gasteiger partial charge in [0.1, 0.15) is 0 Å². The van der Waals surface area contributed by atoms with E-state index >= 15 is 0 Å². The molecule has 0 bridgehead atoms. The van der Waals surface area contributed by atoms with E-state index in [4.69, 9.17) is 19.4 Å². The molecule has 0 atom stereocenters. The highest BCUT2D eigenvalue weighted by atomic mass is 32.1. The second-order valence-corrected chi connectivity index (χ2v) is 10.9. The van der Waals surface area contributed by atoms with Crippen LogP contribution in [-0.2, 0) is 20.8 Å². The average Bonchev–Trinajstić information content (AvgIpc) is 3.57. The van der Waals surface area contributed by atoms with Crippen LogP contribution in [0, 0.1) is 0 Å². The Labute approximate surface area is 227 Å². The van der Waals surface area contributed by atoms with Gasteiger partial charge in [-0.1, -0.05) is 25.0 Å². The standard InChI is InChI=1S/C28H36N6O3S/c1-3-37-25(35)11-6-4-5-7-12-33(2)19-20-17-24-26(38-20)28(34-13-15-36-16-14-34)31-27(30-24)21-9-8-10-23-22(21)18-29-32-23/h8-10,17-18H,3-7,11-16,19H2,1-2H3,(H,29,32). The molecule has 0 spiro atoms. The quantitative estimate of drug-likeness (QED) is 0.199. The summed E-state index contributed by atoms with van der Waals surface area (Å²) in [5, 5.41) is 8.30. The lowest BCUT2D eigenvalue weighted by atomic mass is 10.1. The molecule has 4 aromatic rings. The van der Waals surface area contributed by atoms with Crippen LogP contribution in [0.5, 0.6) is 0 Å². The minimum atomic E-state index is -0.0847. The van der Waals surface area contributed by atoms with Crippen LogP contribution in [0.1, 0.15) is 43.9 Å². The predicted molar refractivity (Wildman–Crippen MR) is 152 cm³/mol. The fraction of sp³-hybridized carbons (Fsp3) is 0.500. The molecular formula is C28H36N6O3S. The zero-order chi connectivity index (χ0) is 26.3. The number of aromatic amines is 1. The number of hydrogen-bond acceptors (Lipinski definition) is 9. The summed E-state index contributed by atoms with van der Waals surface area (Å²) in [6.45, 7) is 7.26. The molecule has 5 rings (SSSR count). The number of ether oxygens (including phenoxy) is 2. The van der Waals surface area contributed by atoms with Gasteiger partial charge in [0.15, 0.2) is 11.6 Å². The van der Waals surface area contributed by atoms with Gasteiger partial charge in [0.2, 0.25) is 0 Å². The minimum absolute atomic E-state index is 0.0847. The van der Waals surface area contributed by atoms with Gasteiger partial charge in [-0.15, -0.1) is 11.3 Å². The second-order valence-electron chi connectivity index (χ2n) is 9.74. The number of benzene rings is 1. The topological polar surface area (TPSA) is 96.5 Å². The first-order chi connectivity index (χ1) is 18.6. The van der Waals surface area contributed by atoms with Gasteiger partial charge in [-0.3, -0.25) is 9.89 Å². The summed E-state index contributed by atoms with van der Waals surface area (Å²) in [6, 6.07) is 8.32. The second kappa shape index (κ2) is 12.6. The van der Waals surface area contributed by atoms with Gasteiger partial charge in [-0.2, -0.15) is 5.10 Å². The summed E-state index contributed by atoms with van der Waals surface area (Å²) in [5.74, 6) is 1.64. The normalized spacial score (nSPS) is 14.1. The molecule has 1 N–H and O–H groups in total. The highest BCUT2D eigenvalue weighted by molar-refractivity contribution is 7.19. The molecule has 0 aliphatic carbocycles. The lowest BCUT2D eigenvalue weighted by Gasteiger charge is -2.28. The van der Waals surface area contributed by atoms with Gasteiger partial charge in [-0.05, 0) is 45.5 Å². The summed E-state index contributed by atoms with van der Waals surface area (Å²) in [5.41, 5.74) is 2.96. The van der Waals surface area contributed by atoms with E-state index in [1.54, 1.807) is 11.3 Å². The van der Waals surface area contributed by atoms with Crippen LogP contribution in [0.3, 0.4) is 0 Å². The van der Waals surface area contributed by atoms with Crippen molar-refractivity contribution in [2.24, 2.45) is 0 Å². The monoisotopic (exact) mass is 536 g/mol. The number of nitrogens with one attached hydrogen (secondary N) is 1. The predicted octanol–water partition coefficient (Wildman–Crippen LogP) is 5.02. The van der Waals surface area contributed by atoms with Gasteiger partial charge in [0, 0.05) is 41.9 Å². The smallest absolute Gasteiger partial charge is 0.305 e. The van der Waals surface area contributed by atoms with Gasteiger partial charge in [0.05, 0.1) is 41.8 Å². The number of unbranched alkanes of at least 4 members (excludes halogenated alkanes) is 3. The number of morpholine rings is 1. The maximum absolute atomic E-state index is 11.5. The van der Waals surface area contributed by atoms with Crippen molar-refractivity contribution in [3.05, 3.63) is 35.3 Å². The first-order valence-corrected chi connectivity index (χ1v) is 14.3. The van der Waals surface area contributed by atoms with Crippen LogP contribution in [0.25, 0.3) is 32.5 Å². The average molecular weight is 537 g/mol. The Bertz CT molecular complexity index is 1360. The van der Waals surface area contributed by atoms with Gasteiger partial charge >= 0.3 is 5.97 Å². The van der Waals surface area contributed by atoms with Gasteiger partial charge in [0.25, 0.3) is 0 Å².